The molecule has 6 heteroatoms. The van der Waals surface area contributed by atoms with Crippen LogP contribution in [0.3, 0.4) is 0 Å². The summed E-state index contributed by atoms with van der Waals surface area (Å²) in [6, 6.07) is 0. The molecule has 6 nitrogen and oxygen atoms in total. The van der Waals surface area contributed by atoms with Gasteiger partial charge in [0.15, 0.2) is 0 Å². The van der Waals surface area contributed by atoms with Gasteiger partial charge in [-0.05, 0) is 71.6 Å². The molecule has 3 heterocycles. The Morgan fingerprint density at radius 1 is 1.00 bits per heavy atom. The van der Waals surface area contributed by atoms with Crippen molar-refractivity contribution in [2.75, 3.05) is 64.0 Å². The van der Waals surface area contributed by atoms with Gasteiger partial charge in [0, 0.05) is 37.9 Å². The normalized spacial score (nSPS) is 25.7. The molecule has 0 radical (unpaired) electrons. The van der Waals surface area contributed by atoms with Crippen LogP contribution in [0, 0.1) is 18.8 Å². The number of hydrogen-bond acceptors (Lipinski definition) is 6. The number of anilines is 2. The first-order chi connectivity index (χ1) is 12.1. The molecule has 2 N–H and O–H groups in total. The Bertz CT molecular complexity index is 549. The van der Waals surface area contributed by atoms with E-state index in [1.54, 1.807) is 0 Å². The van der Waals surface area contributed by atoms with E-state index in [0.29, 0.717) is 11.8 Å². The van der Waals surface area contributed by atoms with Crippen molar-refractivity contribution in [3.8, 4) is 0 Å². The first kappa shape index (κ1) is 18.4. The highest BCUT2D eigenvalue weighted by molar-refractivity contribution is 5.46. The molecule has 1 aromatic heterocycles. The second-order valence-corrected chi connectivity index (χ2v) is 8.03. The van der Waals surface area contributed by atoms with Gasteiger partial charge in [0.2, 0.25) is 5.95 Å². The third kappa shape index (κ3) is 5.54. The minimum Gasteiger partial charge on any atom is -0.369 e. The van der Waals surface area contributed by atoms with Crippen LogP contribution >= 0.6 is 0 Å². The zero-order valence-electron chi connectivity index (χ0n) is 16.1. The van der Waals surface area contributed by atoms with E-state index in [4.69, 9.17) is 4.98 Å². The van der Waals surface area contributed by atoms with Gasteiger partial charge in [-0.25, -0.2) is 4.98 Å². The lowest BCUT2D eigenvalue weighted by atomic mass is 9.98. The number of nitrogens with zero attached hydrogens (tertiary/aromatic N) is 4. The first-order valence-electron chi connectivity index (χ1n) is 9.78. The molecule has 2 unspecified atom stereocenters. The van der Waals surface area contributed by atoms with Crippen LogP contribution in [0.25, 0.3) is 0 Å². The molecule has 0 spiro atoms. The van der Waals surface area contributed by atoms with Crippen LogP contribution in [-0.4, -0.2) is 73.1 Å². The molecule has 2 saturated heterocycles. The Labute approximate surface area is 152 Å². The molecule has 0 amide bonds. The van der Waals surface area contributed by atoms with Crippen molar-refractivity contribution in [3.63, 3.8) is 0 Å². The number of hydrogen-bond donors (Lipinski definition) is 2. The van der Waals surface area contributed by atoms with Gasteiger partial charge in [-0.1, -0.05) is 0 Å². The maximum atomic E-state index is 4.72. The van der Waals surface area contributed by atoms with Crippen LogP contribution in [0.5, 0.6) is 0 Å². The van der Waals surface area contributed by atoms with E-state index < -0.39 is 0 Å². The Morgan fingerprint density at radius 2 is 1.60 bits per heavy atom. The van der Waals surface area contributed by atoms with Gasteiger partial charge >= 0.3 is 0 Å². The van der Waals surface area contributed by atoms with Crippen LogP contribution in [0.1, 0.15) is 31.2 Å². The van der Waals surface area contributed by atoms with Gasteiger partial charge < -0.3 is 20.4 Å². The van der Waals surface area contributed by atoms with Gasteiger partial charge in [0.1, 0.15) is 5.82 Å². The molecule has 3 rings (SSSR count). The lowest BCUT2D eigenvalue weighted by Crippen LogP contribution is -2.35. The summed E-state index contributed by atoms with van der Waals surface area (Å²) in [5, 5.41) is 7.01. The van der Waals surface area contributed by atoms with Crippen LogP contribution in [-0.2, 0) is 0 Å². The lowest BCUT2D eigenvalue weighted by Gasteiger charge is -2.30. The Balaban J connectivity index is 1.51. The highest BCUT2D eigenvalue weighted by atomic mass is 15.2. The molecule has 25 heavy (non-hydrogen) atoms. The van der Waals surface area contributed by atoms with Crippen LogP contribution < -0.4 is 10.6 Å². The molecule has 0 aliphatic carbocycles. The van der Waals surface area contributed by atoms with Crippen molar-refractivity contribution in [2.24, 2.45) is 11.8 Å². The summed E-state index contributed by atoms with van der Waals surface area (Å²) >= 11 is 0. The van der Waals surface area contributed by atoms with E-state index in [2.05, 4.69) is 46.4 Å². The van der Waals surface area contributed by atoms with E-state index in [1.165, 1.54) is 51.9 Å². The fourth-order valence-corrected chi connectivity index (χ4v) is 4.06. The number of rotatable bonds is 6. The fraction of sp³-hybridized carbons (Fsp3) is 0.789. The summed E-state index contributed by atoms with van der Waals surface area (Å²) < 4.78 is 0. The Morgan fingerprint density at radius 3 is 2.20 bits per heavy atom. The van der Waals surface area contributed by atoms with Crippen molar-refractivity contribution in [3.05, 3.63) is 11.8 Å². The molecule has 2 aliphatic heterocycles. The molecule has 0 saturated carbocycles. The number of aryl methyl sites for hydroxylation is 1. The molecule has 2 atom stereocenters. The monoisotopic (exact) mass is 346 g/mol. The molecule has 2 aliphatic rings. The molecule has 0 aromatic carbocycles. The number of piperidine rings is 2. The van der Waals surface area contributed by atoms with E-state index in [0.717, 1.165) is 30.4 Å². The first-order valence-corrected chi connectivity index (χ1v) is 9.78. The third-order valence-corrected chi connectivity index (χ3v) is 5.52. The highest BCUT2D eigenvalue weighted by Gasteiger charge is 2.18. The van der Waals surface area contributed by atoms with Crippen molar-refractivity contribution < 1.29 is 0 Å². The predicted molar refractivity (Wildman–Crippen MR) is 104 cm³/mol. The average Bonchev–Trinajstić information content (AvgIpc) is 2.60. The molecule has 0 bridgehead atoms. The fourth-order valence-electron chi connectivity index (χ4n) is 4.06. The molecule has 2 fully saturated rings. The van der Waals surface area contributed by atoms with E-state index in [-0.39, 0.29) is 0 Å². The minimum absolute atomic E-state index is 0.692. The van der Waals surface area contributed by atoms with E-state index in [1.807, 2.05) is 6.20 Å². The maximum Gasteiger partial charge on any atom is 0.224 e. The predicted octanol–water partition coefficient (Wildman–Crippen LogP) is 2.29. The van der Waals surface area contributed by atoms with Crippen LogP contribution in [0.4, 0.5) is 11.8 Å². The van der Waals surface area contributed by atoms with Crippen molar-refractivity contribution in [1.29, 1.82) is 0 Å². The number of nitrogens with one attached hydrogen (secondary N) is 2. The molecule has 140 valence electrons. The van der Waals surface area contributed by atoms with Gasteiger partial charge in [0.25, 0.3) is 0 Å². The van der Waals surface area contributed by atoms with Crippen molar-refractivity contribution in [2.45, 2.75) is 32.6 Å². The van der Waals surface area contributed by atoms with Crippen molar-refractivity contribution in [1.82, 2.24) is 19.8 Å². The van der Waals surface area contributed by atoms with Crippen LogP contribution in [0.2, 0.25) is 0 Å². The summed E-state index contributed by atoms with van der Waals surface area (Å²) in [5.41, 5.74) is 1.12. The summed E-state index contributed by atoms with van der Waals surface area (Å²) in [4.78, 5) is 14.0. The SMILES string of the molecule is Cc1cnc(NCC2CCCN(C)C2)nc1NCC1CCCN(C)C1. The minimum atomic E-state index is 0.692. The largest absolute Gasteiger partial charge is 0.369 e. The number of aromatic nitrogens is 2. The van der Waals surface area contributed by atoms with Gasteiger partial charge in [0.05, 0.1) is 0 Å². The molecular weight excluding hydrogens is 312 g/mol. The molecular formula is C19H34N6. The Kier molecular flexibility index (Phi) is 6.48. The quantitative estimate of drug-likeness (QED) is 0.824. The second kappa shape index (κ2) is 8.81. The van der Waals surface area contributed by atoms with E-state index >= 15 is 0 Å². The second-order valence-electron chi connectivity index (χ2n) is 8.03. The summed E-state index contributed by atoms with van der Waals surface area (Å²) in [6.45, 7) is 8.83. The van der Waals surface area contributed by atoms with Gasteiger partial charge in [-0.2, -0.15) is 4.98 Å². The molecule has 1 aromatic rings. The van der Waals surface area contributed by atoms with Crippen molar-refractivity contribution >= 4 is 11.8 Å². The van der Waals surface area contributed by atoms with E-state index in [9.17, 15) is 0 Å². The van der Waals surface area contributed by atoms with Gasteiger partial charge in [-0.3, -0.25) is 0 Å². The standard InChI is InChI=1S/C19H34N6/c1-15-10-21-19(22-12-17-7-5-9-25(3)14-17)23-18(15)20-11-16-6-4-8-24(2)13-16/h10,16-17H,4-9,11-14H2,1-3H3,(H2,20,21,22,23). The summed E-state index contributed by atoms with van der Waals surface area (Å²) in [6.07, 6.45) is 7.12. The topological polar surface area (TPSA) is 56.3 Å². The van der Waals surface area contributed by atoms with Gasteiger partial charge in [-0.15, -0.1) is 0 Å². The zero-order valence-corrected chi connectivity index (χ0v) is 16.1. The average molecular weight is 347 g/mol. The summed E-state index contributed by atoms with van der Waals surface area (Å²) in [7, 11) is 4.42. The summed E-state index contributed by atoms with van der Waals surface area (Å²) in [5.74, 6) is 3.13. The third-order valence-electron chi connectivity index (χ3n) is 5.52. The Hall–Kier alpha value is -1.40. The smallest absolute Gasteiger partial charge is 0.224 e. The van der Waals surface area contributed by atoms with Crippen LogP contribution in [0.15, 0.2) is 6.20 Å². The zero-order chi connectivity index (χ0) is 17.6. The highest BCUT2D eigenvalue weighted by Crippen LogP contribution is 2.19. The maximum absolute atomic E-state index is 4.72. The lowest BCUT2D eigenvalue weighted by molar-refractivity contribution is 0.217. The number of likely N-dealkylation sites (tertiary alicyclic amines) is 2.